The average Bonchev–Trinajstić information content (AvgIpc) is 2.15. The molecule has 4 heteroatoms. The molecule has 0 saturated carbocycles. The van der Waals surface area contributed by atoms with Gasteiger partial charge in [-0.3, -0.25) is 4.79 Å². The fraction of sp³-hybridized carbons (Fsp3) is 0.833. The van der Waals surface area contributed by atoms with Crippen molar-refractivity contribution in [1.29, 1.82) is 0 Å². The van der Waals surface area contributed by atoms with Crippen LogP contribution < -0.4 is 5.32 Å². The maximum absolute atomic E-state index is 11.2. The fourth-order valence-corrected chi connectivity index (χ4v) is 1.29. The van der Waals surface area contributed by atoms with Crippen molar-refractivity contribution in [3.8, 4) is 0 Å². The zero-order valence-corrected chi connectivity index (χ0v) is 10.5. The number of amides is 1. The Morgan fingerprint density at radius 1 is 1.12 bits per heavy atom. The van der Waals surface area contributed by atoms with Crippen LogP contribution >= 0.6 is 0 Å². The van der Waals surface area contributed by atoms with Gasteiger partial charge in [-0.05, 0) is 20.3 Å². The van der Waals surface area contributed by atoms with Gasteiger partial charge >= 0.3 is 12.1 Å². The number of hydrogen-bond donors (Lipinski definition) is 1. The standard InChI is InChI=1S/C12H23NO3/c1-4-5-6-7-8-9-11(14)16-12(15)13-10(2)3/h10H,4-9H2,1-3H3,(H,13,15). The summed E-state index contributed by atoms with van der Waals surface area (Å²) in [5.41, 5.74) is 0. The Kier molecular flexibility index (Phi) is 8.58. The summed E-state index contributed by atoms with van der Waals surface area (Å²) in [7, 11) is 0. The van der Waals surface area contributed by atoms with Crippen molar-refractivity contribution < 1.29 is 14.3 Å². The molecule has 0 unspecified atom stereocenters. The van der Waals surface area contributed by atoms with E-state index in [0.717, 1.165) is 19.3 Å². The third-order valence-electron chi connectivity index (χ3n) is 2.10. The van der Waals surface area contributed by atoms with Crippen LogP contribution in [0.15, 0.2) is 0 Å². The SMILES string of the molecule is CCCCCCCC(=O)OC(=O)NC(C)C. The molecule has 0 aromatic carbocycles. The molecule has 1 N–H and O–H groups in total. The van der Waals surface area contributed by atoms with Gasteiger partial charge in [0.1, 0.15) is 0 Å². The lowest BCUT2D eigenvalue weighted by Gasteiger charge is -2.07. The van der Waals surface area contributed by atoms with Crippen molar-refractivity contribution >= 4 is 12.1 Å². The van der Waals surface area contributed by atoms with Crippen molar-refractivity contribution in [3.05, 3.63) is 0 Å². The van der Waals surface area contributed by atoms with Crippen LogP contribution in [0.3, 0.4) is 0 Å². The van der Waals surface area contributed by atoms with E-state index in [1.807, 2.05) is 13.8 Å². The van der Waals surface area contributed by atoms with E-state index in [1.54, 1.807) is 0 Å². The summed E-state index contributed by atoms with van der Waals surface area (Å²) in [5, 5.41) is 2.50. The molecular formula is C12H23NO3. The molecule has 0 spiro atoms. The van der Waals surface area contributed by atoms with Gasteiger partial charge in [0.05, 0.1) is 0 Å². The fourth-order valence-electron chi connectivity index (χ4n) is 1.29. The molecule has 0 atom stereocenters. The molecule has 0 aliphatic carbocycles. The van der Waals surface area contributed by atoms with E-state index in [9.17, 15) is 9.59 Å². The van der Waals surface area contributed by atoms with Crippen LogP contribution in [-0.4, -0.2) is 18.1 Å². The predicted molar refractivity (Wildman–Crippen MR) is 63.1 cm³/mol. The van der Waals surface area contributed by atoms with Crippen molar-refractivity contribution in [2.75, 3.05) is 0 Å². The van der Waals surface area contributed by atoms with Crippen LogP contribution in [0, 0.1) is 0 Å². The molecule has 0 radical (unpaired) electrons. The van der Waals surface area contributed by atoms with E-state index in [2.05, 4.69) is 17.0 Å². The Morgan fingerprint density at radius 2 is 1.75 bits per heavy atom. The first-order valence-corrected chi connectivity index (χ1v) is 6.07. The summed E-state index contributed by atoms with van der Waals surface area (Å²) in [6.07, 6.45) is 5.03. The van der Waals surface area contributed by atoms with Crippen LogP contribution in [0.4, 0.5) is 4.79 Å². The van der Waals surface area contributed by atoms with E-state index in [0.29, 0.717) is 6.42 Å². The number of alkyl carbamates (subject to hydrolysis) is 1. The van der Waals surface area contributed by atoms with E-state index in [4.69, 9.17) is 0 Å². The van der Waals surface area contributed by atoms with Gasteiger partial charge in [-0.1, -0.05) is 32.6 Å². The van der Waals surface area contributed by atoms with Crippen LogP contribution in [-0.2, 0) is 9.53 Å². The Bertz CT molecular complexity index is 214. The van der Waals surface area contributed by atoms with Crippen molar-refractivity contribution in [3.63, 3.8) is 0 Å². The second kappa shape index (κ2) is 9.19. The van der Waals surface area contributed by atoms with Gasteiger partial charge in [-0.15, -0.1) is 0 Å². The Morgan fingerprint density at radius 3 is 2.31 bits per heavy atom. The molecule has 94 valence electrons. The third kappa shape index (κ3) is 9.49. The molecule has 0 aliphatic heterocycles. The van der Waals surface area contributed by atoms with Gasteiger partial charge in [0, 0.05) is 12.5 Å². The van der Waals surface area contributed by atoms with Gasteiger partial charge in [0.2, 0.25) is 0 Å². The summed E-state index contributed by atoms with van der Waals surface area (Å²) in [6.45, 7) is 5.78. The minimum atomic E-state index is -0.645. The first-order chi connectivity index (χ1) is 7.56. The average molecular weight is 229 g/mol. The van der Waals surface area contributed by atoms with Crippen LogP contribution in [0.5, 0.6) is 0 Å². The number of unbranched alkanes of at least 4 members (excludes halogenated alkanes) is 4. The zero-order valence-electron chi connectivity index (χ0n) is 10.5. The minimum Gasteiger partial charge on any atom is -0.376 e. The molecule has 4 nitrogen and oxygen atoms in total. The molecule has 0 aromatic heterocycles. The summed E-state index contributed by atoms with van der Waals surface area (Å²) in [5.74, 6) is -0.436. The lowest BCUT2D eigenvalue weighted by atomic mass is 10.1. The quantitative estimate of drug-likeness (QED) is 0.415. The minimum absolute atomic E-state index is 0.00939. The molecule has 16 heavy (non-hydrogen) atoms. The predicted octanol–water partition coefficient (Wildman–Crippen LogP) is 3.01. The van der Waals surface area contributed by atoms with E-state index in [-0.39, 0.29) is 6.04 Å². The summed E-state index contributed by atoms with van der Waals surface area (Å²) in [4.78, 5) is 22.2. The van der Waals surface area contributed by atoms with E-state index in [1.165, 1.54) is 12.8 Å². The Hall–Kier alpha value is -1.06. The van der Waals surface area contributed by atoms with Gasteiger partial charge in [-0.2, -0.15) is 0 Å². The van der Waals surface area contributed by atoms with Crippen molar-refractivity contribution in [1.82, 2.24) is 5.32 Å². The monoisotopic (exact) mass is 229 g/mol. The highest BCUT2D eigenvalue weighted by molar-refractivity contribution is 5.84. The molecular weight excluding hydrogens is 206 g/mol. The molecule has 0 fully saturated rings. The third-order valence-corrected chi connectivity index (χ3v) is 2.10. The first-order valence-electron chi connectivity index (χ1n) is 6.07. The van der Waals surface area contributed by atoms with E-state index >= 15 is 0 Å². The summed E-state index contributed by atoms with van der Waals surface area (Å²) >= 11 is 0. The van der Waals surface area contributed by atoms with Gasteiger partial charge in [0.15, 0.2) is 0 Å². The lowest BCUT2D eigenvalue weighted by Crippen LogP contribution is -2.32. The molecule has 0 saturated heterocycles. The Labute approximate surface area is 97.7 Å². The second-order valence-corrected chi connectivity index (χ2v) is 4.22. The number of rotatable bonds is 7. The van der Waals surface area contributed by atoms with Crippen molar-refractivity contribution in [2.45, 2.75) is 65.3 Å². The molecule has 1 amide bonds. The number of nitrogens with one attached hydrogen (secondary N) is 1. The van der Waals surface area contributed by atoms with Crippen molar-refractivity contribution in [2.24, 2.45) is 0 Å². The number of hydrogen-bond acceptors (Lipinski definition) is 3. The van der Waals surface area contributed by atoms with Gasteiger partial charge < -0.3 is 10.1 Å². The molecule has 0 bridgehead atoms. The number of carbonyl (C=O) groups is 2. The second-order valence-electron chi connectivity index (χ2n) is 4.22. The number of esters is 1. The highest BCUT2D eigenvalue weighted by Crippen LogP contribution is 2.05. The highest BCUT2D eigenvalue weighted by atomic mass is 16.6. The lowest BCUT2D eigenvalue weighted by molar-refractivity contribution is -0.137. The Balaban J connectivity index is 3.47. The largest absolute Gasteiger partial charge is 0.415 e. The van der Waals surface area contributed by atoms with Gasteiger partial charge in [-0.25, -0.2) is 4.79 Å². The first kappa shape index (κ1) is 14.9. The van der Waals surface area contributed by atoms with Crippen LogP contribution in [0.1, 0.15) is 59.3 Å². The molecule has 0 aliphatic rings. The number of carbonyl (C=O) groups excluding carboxylic acids is 2. The summed E-state index contributed by atoms with van der Waals surface area (Å²) < 4.78 is 4.58. The topological polar surface area (TPSA) is 55.4 Å². The maximum atomic E-state index is 11.2. The zero-order chi connectivity index (χ0) is 12.4. The molecule has 0 rings (SSSR count). The van der Waals surface area contributed by atoms with Crippen LogP contribution in [0.2, 0.25) is 0 Å². The smallest absolute Gasteiger partial charge is 0.376 e. The van der Waals surface area contributed by atoms with E-state index < -0.39 is 12.1 Å². The maximum Gasteiger partial charge on any atom is 0.415 e. The normalized spacial score (nSPS) is 10.2. The van der Waals surface area contributed by atoms with Crippen LogP contribution in [0.25, 0.3) is 0 Å². The van der Waals surface area contributed by atoms with Gasteiger partial charge in [0.25, 0.3) is 0 Å². The highest BCUT2D eigenvalue weighted by Gasteiger charge is 2.10. The molecule has 0 heterocycles. The molecule has 0 aromatic rings. The summed E-state index contributed by atoms with van der Waals surface area (Å²) in [6, 6.07) is -0.00939. The number of ether oxygens (including phenoxy) is 1.